The number of carbonyl (C=O) groups is 1. The van der Waals surface area contributed by atoms with Gasteiger partial charge in [-0.15, -0.1) is 0 Å². The lowest BCUT2D eigenvalue weighted by atomic mass is 9.89. The molecule has 0 atom stereocenters. The molecule has 1 N–H and O–H groups in total. The standard InChI is InChI=1S/C11H14INO3/c1-2-16-9-4-8(5-9)13-6-7(12)3-10(13)11(14)15/h3,6,8-9H,2,4-5H2,1H3,(H,14,15). The first-order chi connectivity index (χ1) is 7.61. The van der Waals surface area contributed by atoms with E-state index in [0.717, 1.165) is 23.0 Å². The van der Waals surface area contributed by atoms with Gasteiger partial charge in [0.1, 0.15) is 5.69 Å². The van der Waals surface area contributed by atoms with Crippen LogP contribution in [-0.4, -0.2) is 28.4 Å². The molecule has 1 heterocycles. The SMILES string of the molecule is CCOC1CC(n2cc(I)cc2C(=O)O)C1. The molecule has 16 heavy (non-hydrogen) atoms. The number of ether oxygens (including phenoxy) is 1. The Hall–Kier alpha value is -0.560. The molecule has 0 radical (unpaired) electrons. The maximum absolute atomic E-state index is 11.0. The third-order valence-electron chi connectivity index (χ3n) is 2.90. The fourth-order valence-electron chi connectivity index (χ4n) is 2.06. The fraction of sp³-hybridized carbons (Fsp3) is 0.545. The summed E-state index contributed by atoms with van der Waals surface area (Å²) in [5, 5.41) is 9.06. The highest BCUT2D eigenvalue weighted by Gasteiger charge is 2.32. The van der Waals surface area contributed by atoms with Crippen molar-refractivity contribution in [1.29, 1.82) is 0 Å². The van der Waals surface area contributed by atoms with Gasteiger partial charge in [-0.1, -0.05) is 0 Å². The van der Waals surface area contributed by atoms with Gasteiger partial charge in [0.15, 0.2) is 0 Å². The summed E-state index contributed by atoms with van der Waals surface area (Å²) in [6, 6.07) is 1.99. The third kappa shape index (κ3) is 2.24. The van der Waals surface area contributed by atoms with E-state index in [4.69, 9.17) is 9.84 Å². The number of aromatic nitrogens is 1. The van der Waals surface area contributed by atoms with Crippen LogP contribution in [-0.2, 0) is 4.74 Å². The summed E-state index contributed by atoms with van der Waals surface area (Å²) >= 11 is 2.14. The number of carboxylic acid groups (broad SMARTS) is 1. The van der Waals surface area contributed by atoms with Crippen LogP contribution in [0.3, 0.4) is 0 Å². The Balaban J connectivity index is 2.08. The fourth-order valence-corrected chi connectivity index (χ4v) is 2.65. The predicted molar refractivity (Wildman–Crippen MR) is 67.8 cm³/mol. The number of hydrogen-bond donors (Lipinski definition) is 1. The van der Waals surface area contributed by atoms with Crippen molar-refractivity contribution in [2.75, 3.05) is 6.61 Å². The van der Waals surface area contributed by atoms with E-state index in [2.05, 4.69) is 22.6 Å². The molecule has 0 bridgehead atoms. The van der Waals surface area contributed by atoms with Crippen molar-refractivity contribution in [3.05, 3.63) is 21.5 Å². The highest BCUT2D eigenvalue weighted by atomic mass is 127. The minimum Gasteiger partial charge on any atom is -0.477 e. The molecule has 0 spiro atoms. The average molecular weight is 335 g/mol. The lowest BCUT2D eigenvalue weighted by Crippen LogP contribution is -2.34. The van der Waals surface area contributed by atoms with Gasteiger partial charge in [-0.25, -0.2) is 4.79 Å². The highest BCUT2D eigenvalue weighted by Crippen LogP contribution is 2.36. The van der Waals surface area contributed by atoms with Gasteiger partial charge in [-0.05, 0) is 48.4 Å². The number of halogens is 1. The van der Waals surface area contributed by atoms with Crippen molar-refractivity contribution in [1.82, 2.24) is 4.57 Å². The molecule has 4 nitrogen and oxygen atoms in total. The number of rotatable bonds is 4. The van der Waals surface area contributed by atoms with Gasteiger partial charge in [0, 0.05) is 22.4 Å². The van der Waals surface area contributed by atoms with Crippen LogP contribution >= 0.6 is 22.6 Å². The van der Waals surface area contributed by atoms with E-state index < -0.39 is 5.97 Å². The molecule has 1 saturated carbocycles. The quantitative estimate of drug-likeness (QED) is 0.861. The topological polar surface area (TPSA) is 51.5 Å². The molecule has 1 aliphatic rings. The molecule has 1 aromatic rings. The Morgan fingerprint density at radius 2 is 2.38 bits per heavy atom. The Morgan fingerprint density at radius 3 is 2.94 bits per heavy atom. The van der Waals surface area contributed by atoms with Gasteiger partial charge < -0.3 is 14.4 Å². The minimum atomic E-state index is -0.859. The second-order valence-corrected chi connectivity index (χ2v) is 5.20. The third-order valence-corrected chi connectivity index (χ3v) is 3.49. The maximum atomic E-state index is 11.0. The molecular formula is C11H14INO3. The Kier molecular flexibility index (Phi) is 3.53. The van der Waals surface area contributed by atoms with Crippen molar-refractivity contribution in [2.24, 2.45) is 0 Å². The highest BCUT2D eigenvalue weighted by molar-refractivity contribution is 14.1. The van der Waals surface area contributed by atoms with Crippen LogP contribution in [0.15, 0.2) is 12.3 Å². The van der Waals surface area contributed by atoms with E-state index in [1.807, 2.05) is 17.7 Å². The second kappa shape index (κ2) is 4.75. The molecule has 88 valence electrons. The van der Waals surface area contributed by atoms with Gasteiger partial charge in [-0.2, -0.15) is 0 Å². The number of hydrogen-bond acceptors (Lipinski definition) is 2. The van der Waals surface area contributed by atoms with Crippen LogP contribution in [0.1, 0.15) is 36.3 Å². The van der Waals surface area contributed by atoms with E-state index in [9.17, 15) is 4.79 Å². The number of aromatic carboxylic acids is 1. The lowest BCUT2D eigenvalue weighted by Gasteiger charge is -2.36. The van der Waals surface area contributed by atoms with Crippen LogP contribution in [0.2, 0.25) is 0 Å². The van der Waals surface area contributed by atoms with Gasteiger partial charge in [-0.3, -0.25) is 0 Å². The van der Waals surface area contributed by atoms with Crippen molar-refractivity contribution in [2.45, 2.75) is 31.9 Å². The number of nitrogens with zero attached hydrogens (tertiary/aromatic N) is 1. The van der Waals surface area contributed by atoms with Crippen LogP contribution in [0, 0.1) is 3.57 Å². The Labute approximate surface area is 108 Å². The molecule has 5 heteroatoms. The zero-order valence-electron chi connectivity index (χ0n) is 9.02. The van der Waals surface area contributed by atoms with Gasteiger partial charge in [0.25, 0.3) is 0 Å². The number of carboxylic acids is 1. The van der Waals surface area contributed by atoms with Crippen molar-refractivity contribution in [3.8, 4) is 0 Å². The van der Waals surface area contributed by atoms with Gasteiger partial charge in [0.2, 0.25) is 0 Å². The molecule has 2 rings (SSSR count). The lowest BCUT2D eigenvalue weighted by molar-refractivity contribution is -0.0204. The summed E-state index contributed by atoms with van der Waals surface area (Å²) in [6.07, 6.45) is 4.03. The van der Waals surface area contributed by atoms with Crippen LogP contribution < -0.4 is 0 Å². The van der Waals surface area contributed by atoms with E-state index in [-0.39, 0.29) is 6.04 Å². The minimum absolute atomic E-state index is 0.283. The molecule has 0 saturated heterocycles. The van der Waals surface area contributed by atoms with Crippen molar-refractivity contribution < 1.29 is 14.6 Å². The second-order valence-electron chi connectivity index (χ2n) is 3.96. The van der Waals surface area contributed by atoms with Crippen LogP contribution in [0.5, 0.6) is 0 Å². The first kappa shape index (κ1) is 11.9. The van der Waals surface area contributed by atoms with Crippen molar-refractivity contribution >= 4 is 28.6 Å². The summed E-state index contributed by atoms with van der Waals surface area (Å²) in [4.78, 5) is 11.0. The van der Waals surface area contributed by atoms with Gasteiger partial charge >= 0.3 is 5.97 Å². The van der Waals surface area contributed by atoms with E-state index in [0.29, 0.717) is 11.8 Å². The summed E-state index contributed by atoms with van der Waals surface area (Å²) in [5.41, 5.74) is 0.379. The molecule has 0 aliphatic heterocycles. The smallest absolute Gasteiger partial charge is 0.352 e. The summed E-state index contributed by atoms with van der Waals surface area (Å²) in [5.74, 6) is -0.859. The monoisotopic (exact) mass is 335 g/mol. The molecular weight excluding hydrogens is 321 g/mol. The Morgan fingerprint density at radius 1 is 1.69 bits per heavy atom. The molecule has 1 fully saturated rings. The average Bonchev–Trinajstić information content (AvgIpc) is 2.53. The summed E-state index contributed by atoms with van der Waals surface area (Å²) in [6.45, 7) is 2.71. The summed E-state index contributed by atoms with van der Waals surface area (Å²) in [7, 11) is 0. The zero-order valence-corrected chi connectivity index (χ0v) is 11.2. The largest absolute Gasteiger partial charge is 0.477 e. The van der Waals surface area contributed by atoms with E-state index in [1.54, 1.807) is 6.07 Å². The van der Waals surface area contributed by atoms with Crippen LogP contribution in [0.25, 0.3) is 0 Å². The molecule has 0 aromatic carbocycles. The first-order valence-corrected chi connectivity index (χ1v) is 6.42. The molecule has 1 aromatic heterocycles. The first-order valence-electron chi connectivity index (χ1n) is 5.34. The normalized spacial score (nSPS) is 24.1. The van der Waals surface area contributed by atoms with Gasteiger partial charge in [0.05, 0.1) is 6.10 Å². The van der Waals surface area contributed by atoms with Crippen LogP contribution in [0.4, 0.5) is 0 Å². The molecule has 1 aliphatic carbocycles. The Bertz CT molecular complexity index is 396. The maximum Gasteiger partial charge on any atom is 0.352 e. The van der Waals surface area contributed by atoms with Crippen molar-refractivity contribution in [3.63, 3.8) is 0 Å². The molecule has 0 unspecified atom stereocenters. The van der Waals surface area contributed by atoms with E-state index >= 15 is 0 Å². The molecule has 0 amide bonds. The summed E-state index contributed by atoms with van der Waals surface area (Å²) < 4.78 is 8.30. The van der Waals surface area contributed by atoms with E-state index in [1.165, 1.54) is 0 Å². The predicted octanol–water partition coefficient (Wildman–Crippen LogP) is 2.53. The zero-order chi connectivity index (χ0) is 11.7.